The smallest absolute Gasteiger partial charge is 0.343 e. The van der Waals surface area contributed by atoms with E-state index < -0.39 is 5.97 Å². The zero-order valence-electron chi connectivity index (χ0n) is 15.4. The molecule has 0 aliphatic carbocycles. The van der Waals surface area contributed by atoms with E-state index in [-0.39, 0.29) is 22.8 Å². The van der Waals surface area contributed by atoms with Crippen LogP contribution < -0.4 is 10.3 Å². The molecule has 27 heavy (non-hydrogen) atoms. The van der Waals surface area contributed by atoms with Gasteiger partial charge in [-0.15, -0.1) is 0 Å². The molecule has 0 radical (unpaired) electrons. The van der Waals surface area contributed by atoms with Gasteiger partial charge in [-0.3, -0.25) is 9.59 Å². The van der Waals surface area contributed by atoms with E-state index in [2.05, 4.69) is 0 Å². The highest BCUT2D eigenvalue weighted by molar-refractivity contribution is 7.07. The fourth-order valence-corrected chi connectivity index (χ4v) is 3.92. The maximum atomic E-state index is 12.6. The molecule has 1 amide bonds. The fourth-order valence-electron chi connectivity index (χ4n) is 3.21. The number of fused-ring (bicyclic) bond motifs is 1. The van der Waals surface area contributed by atoms with E-state index in [1.807, 2.05) is 16.8 Å². The van der Waals surface area contributed by atoms with Gasteiger partial charge < -0.3 is 18.9 Å². The molecule has 0 saturated carbocycles. The third-order valence-electron chi connectivity index (χ3n) is 4.66. The minimum Gasteiger partial charge on any atom is -0.492 e. The highest BCUT2D eigenvalue weighted by atomic mass is 32.1. The summed E-state index contributed by atoms with van der Waals surface area (Å²) < 4.78 is 12.3. The standard InChI is InChI=1S/C19H22N2O5S/c1-13(22)20-6-3-15-18(19(24)25-2)16(11-17(23)21(15)8-7-20)26-9-4-14-5-10-27-12-14/h5,10-12H,3-4,6-9H2,1-2H3. The van der Waals surface area contributed by atoms with Gasteiger partial charge in [-0.2, -0.15) is 11.3 Å². The summed E-state index contributed by atoms with van der Waals surface area (Å²) in [6.45, 7) is 3.06. The van der Waals surface area contributed by atoms with Crippen LogP contribution in [0.1, 0.15) is 28.5 Å². The van der Waals surface area contributed by atoms with E-state index in [4.69, 9.17) is 9.47 Å². The molecule has 0 saturated heterocycles. The van der Waals surface area contributed by atoms with Crippen LogP contribution in [-0.4, -0.2) is 48.1 Å². The minimum absolute atomic E-state index is 0.0530. The van der Waals surface area contributed by atoms with Crippen molar-refractivity contribution in [2.75, 3.05) is 26.8 Å². The second-order valence-corrected chi connectivity index (χ2v) is 7.08. The van der Waals surface area contributed by atoms with Gasteiger partial charge in [0.1, 0.15) is 11.3 Å². The molecule has 3 rings (SSSR count). The van der Waals surface area contributed by atoms with Crippen molar-refractivity contribution in [1.82, 2.24) is 9.47 Å². The average Bonchev–Trinajstić information content (AvgIpc) is 3.05. The van der Waals surface area contributed by atoms with Crippen LogP contribution in [0.15, 0.2) is 27.7 Å². The molecular formula is C19H22N2O5S. The Morgan fingerprint density at radius 1 is 1.26 bits per heavy atom. The molecule has 0 unspecified atom stereocenters. The normalized spacial score (nSPS) is 13.6. The van der Waals surface area contributed by atoms with Gasteiger partial charge in [0.25, 0.3) is 5.56 Å². The van der Waals surface area contributed by atoms with E-state index in [0.717, 1.165) is 5.56 Å². The van der Waals surface area contributed by atoms with E-state index in [0.29, 0.717) is 44.8 Å². The molecule has 2 aromatic heterocycles. The highest BCUT2D eigenvalue weighted by Gasteiger charge is 2.26. The number of pyridine rings is 1. The summed E-state index contributed by atoms with van der Waals surface area (Å²) in [6.07, 6.45) is 1.07. The predicted octanol–water partition coefficient (Wildman–Crippen LogP) is 1.72. The molecule has 0 atom stereocenters. The first kappa shape index (κ1) is 19.2. The van der Waals surface area contributed by atoms with Gasteiger partial charge in [0, 0.05) is 51.2 Å². The quantitative estimate of drug-likeness (QED) is 0.727. The SMILES string of the molecule is COC(=O)c1c(OCCc2ccsc2)cc(=O)n2c1CCN(C(C)=O)CC2. The average molecular weight is 390 g/mol. The lowest BCUT2D eigenvalue weighted by Crippen LogP contribution is -2.32. The fraction of sp³-hybridized carbons (Fsp3) is 0.421. The number of carbonyl (C=O) groups is 2. The summed E-state index contributed by atoms with van der Waals surface area (Å²) in [7, 11) is 1.30. The topological polar surface area (TPSA) is 77.8 Å². The summed E-state index contributed by atoms with van der Waals surface area (Å²) in [5.41, 5.74) is 1.73. The molecule has 1 aliphatic rings. The Hall–Kier alpha value is -2.61. The van der Waals surface area contributed by atoms with Crippen molar-refractivity contribution >= 4 is 23.2 Å². The van der Waals surface area contributed by atoms with Crippen LogP contribution in [0, 0.1) is 0 Å². The van der Waals surface area contributed by atoms with Crippen molar-refractivity contribution in [2.24, 2.45) is 0 Å². The van der Waals surface area contributed by atoms with Crippen molar-refractivity contribution < 1.29 is 19.1 Å². The lowest BCUT2D eigenvalue weighted by Gasteiger charge is -2.17. The molecule has 144 valence electrons. The van der Waals surface area contributed by atoms with Crippen molar-refractivity contribution in [3.63, 3.8) is 0 Å². The van der Waals surface area contributed by atoms with Crippen LogP contribution >= 0.6 is 11.3 Å². The van der Waals surface area contributed by atoms with Crippen LogP contribution in [0.3, 0.4) is 0 Å². The minimum atomic E-state index is -0.541. The summed E-state index contributed by atoms with van der Waals surface area (Å²) >= 11 is 1.61. The number of nitrogens with zero attached hydrogens (tertiary/aromatic N) is 2. The third kappa shape index (κ3) is 4.21. The van der Waals surface area contributed by atoms with Crippen molar-refractivity contribution in [3.05, 3.63) is 50.1 Å². The Balaban J connectivity index is 1.92. The monoisotopic (exact) mass is 390 g/mol. The molecule has 7 nitrogen and oxygen atoms in total. The number of carbonyl (C=O) groups excluding carboxylic acids is 2. The van der Waals surface area contributed by atoms with Crippen molar-refractivity contribution in [2.45, 2.75) is 26.3 Å². The van der Waals surface area contributed by atoms with Gasteiger partial charge >= 0.3 is 5.97 Å². The van der Waals surface area contributed by atoms with Gasteiger partial charge in [-0.1, -0.05) is 0 Å². The summed E-state index contributed by atoms with van der Waals surface area (Å²) in [6, 6.07) is 3.35. The van der Waals surface area contributed by atoms with Crippen LogP contribution in [0.5, 0.6) is 5.75 Å². The maximum Gasteiger partial charge on any atom is 0.343 e. The van der Waals surface area contributed by atoms with Gasteiger partial charge in [-0.25, -0.2) is 4.79 Å². The Kier molecular flexibility index (Phi) is 5.95. The number of hydrogen-bond donors (Lipinski definition) is 0. The van der Waals surface area contributed by atoms with Gasteiger partial charge in [-0.05, 0) is 22.4 Å². The molecule has 0 bridgehead atoms. The number of thiophene rings is 1. The Morgan fingerprint density at radius 2 is 2.07 bits per heavy atom. The Bertz CT molecular complexity index is 888. The molecule has 8 heteroatoms. The highest BCUT2D eigenvalue weighted by Crippen LogP contribution is 2.24. The van der Waals surface area contributed by atoms with Crippen molar-refractivity contribution in [1.29, 1.82) is 0 Å². The molecule has 0 fully saturated rings. The molecule has 0 N–H and O–H groups in total. The van der Waals surface area contributed by atoms with E-state index >= 15 is 0 Å². The summed E-state index contributed by atoms with van der Waals surface area (Å²) in [4.78, 5) is 38.4. The Labute approximate surface area is 161 Å². The number of aromatic nitrogens is 1. The van der Waals surface area contributed by atoms with Crippen LogP contribution in [0.25, 0.3) is 0 Å². The number of esters is 1. The van der Waals surface area contributed by atoms with Gasteiger partial charge in [0.2, 0.25) is 5.91 Å². The number of amides is 1. The molecule has 0 aromatic carbocycles. The van der Waals surface area contributed by atoms with Crippen LogP contribution in [-0.2, 0) is 28.9 Å². The van der Waals surface area contributed by atoms with Crippen LogP contribution in [0.2, 0.25) is 0 Å². The lowest BCUT2D eigenvalue weighted by molar-refractivity contribution is -0.128. The molecule has 2 aromatic rings. The molecule has 3 heterocycles. The van der Waals surface area contributed by atoms with Crippen molar-refractivity contribution in [3.8, 4) is 5.75 Å². The van der Waals surface area contributed by atoms with E-state index in [1.54, 1.807) is 20.8 Å². The second kappa shape index (κ2) is 8.39. The van der Waals surface area contributed by atoms with Gasteiger partial charge in [0.05, 0.1) is 13.7 Å². The first-order valence-corrected chi connectivity index (χ1v) is 9.70. The number of rotatable bonds is 5. The summed E-state index contributed by atoms with van der Waals surface area (Å²) in [5.74, 6) is -0.354. The Morgan fingerprint density at radius 3 is 2.74 bits per heavy atom. The third-order valence-corrected chi connectivity index (χ3v) is 5.39. The van der Waals surface area contributed by atoms with E-state index in [9.17, 15) is 14.4 Å². The predicted molar refractivity (Wildman–Crippen MR) is 102 cm³/mol. The molecule has 0 spiro atoms. The van der Waals surface area contributed by atoms with Gasteiger partial charge in [0.15, 0.2) is 0 Å². The first-order chi connectivity index (χ1) is 13.0. The maximum absolute atomic E-state index is 12.6. The molecular weight excluding hydrogens is 368 g/mol. The zero-order valence-corrected chi connectivity index (χ0v) is 16.2. The van der Waals surface area contributed by atoms with E-state index in [1.165, 1.54) is 20.1 Å². The number of hydrogen-bond acceptors (Lipinski definition) is 6. The summed E-state index contributed by atoms with van der Waals surface area (Å²) in [5, 5.41) is 4.03. The zero-order chi connectivity index (χ0) is 19.4. The first-order valence-electron chi connectivity index (χ1n) is 8.75. The second-order valence-electron chi connectivity index (χ2n) is 6.30. The van der Waals surface area contributed by atoms with Crippen LogP contribution in [0.4, 0.5) is 0 Å². The number of methoxy groups -OCH3 is 1. The molecule has 1 aliphatic heterocycles. The number of ether oxygens (including phenoxy) is 2. The largest absolute Gasteiger partial charge is 0.492 e. The lowest BCUT2D eigenvalue weighted by atomic mass is 10.1.